The van der Waals surface area contributed by atoms with Crippen molar-refractivity contribution in [1.29, 1.82) is 5.26 Å². The first-order valence-electron chi connectivity index (χ1n) is 11.2. The number of nitrogens with two attached hydrogens (primary N) is 1. The monoisotopic (exact) mass is 510 g/mol. The van der Waals surface area contributed by atoms with Crippen LogP contribution in [-0.2, 0) is 18.0 Å². The summed E-state index contributed by atoms with van der Waals surface area (Å²) in [4.78, 5) is 14.8. The number of likely N-dealkylation sites (N-methyl/N-ethyl adjacent to an activating group) is 1. The quantitative estimate of drug-likeness (QED) is 0.425. The topological polar surface area (TPSA) is 130 Å². The number of fused-ring (bicyclic) bond motifs is 4. The molecule has 0 unspecified atom stereocenters. The third kappa shape index (κ3) is 3.47. The van der Waals surface area contributed by atoms with Crippen molar-refractivity contribution in [2.45, 2.75) is 31.8 Å². The molecule has 1 aromatic carbocycles. The first-order chi connectivity index (χ1) is 17.4. The van der Waals surface area contributed by atoms with Crippen molar-refractivity contribution in [1.82, 2.24) is 19.9 Å². The normalized spacial score (nSPS) is 19.8. The Labute approximate surface area is 207 Å². The predicted octanol–water partition coefficient (Wildman–Crippen LogP) is 3.11. The van der Waals surface area contributed by atoms with Crippen LogP contribution < -0.4 is 10.5 Å². The molecule has 2 aliphatic rings. The largest absolute Gasteiger partial charge is 0.462 e. The molecule has 4 aromatic rings. The number of nitrogen functional groups attached to an aromatic ring is 1. The molecule has 3 aromatic heterocycles. The minimum absolute atomic E-state index is 0.00397. The number of nitrogens with zero attached hydrogens (tertiary/aromatic N) is 5. The van der Waals surface area contributed by atoms with Crippen molar-refractivity contribution in [2.24, 2.45) is 0 Å². The third-order valence-electron chi connectivity index (χ3n) is 6.79. The highest BCUT2D eigenvalue weighted by atomic mass is 32.1. The Balaban J connectivity index is 1.51. The summed E-state index contributed by atoms with van der Waals surface area (Å²) in [6.07, 6.45) is 2.64. The number of β-amino-alcohol motifs (C(OH)–C–C–N with tert-alkyl or cyclic N) is 1. The molecule has 1 fully saturated rings. The van der Waals surface area contributed by atoms with Crippen molar-refractivity contribution in [3.05, 3.63) is 40.7 Å². The SMILES string of the molecule is CN1C[C@@H](O)C[C@H]1COc1ncc2c3c(c(-c4ncc(F)c5sc(N)c(C#N)c45)c(F)c2n1)COC3. The number of halogens is 2. The fraction of sp³-hybridized carbons (Fsp3) is 0.333. The van der Waals surface area contributed by atoms with Crippen LogP contribution in [0, 0.1) is 23.0 Å². The zero-order valence-electron chi connectivity index (χ0n) is 19.1. The maximum absolute atomic E-state index is 16.2. The number of anilines is 1. The summed E-state index contributed by atoms with van der Waals surface area (Å²) in [5.41, 5.74) is 7.50. The molecule has 9 nitrogen and oxygen atoms in total. The van der Waals surface area contributed by atoms with E-state index in [0.29, 0.717) is 29.5 Å². The molecule has 2 atom stereocenters. The average molecular weight is 511 g/mol. The Morgan fingerprint density at radius 3 is 2.86 bits per heavy atom. The van der Waals surface area contributed by atoms with E-state index in [1.807, 2.05) is 18.0 Å². The highest BCUT2D eigenvalue weighted by Gasteiger charge is 2.31. The first kappa shape index (κ1) is 22.9. The average Bonchev–Trinajstić information content (AvgIpc) is 3.56. The molecule has 0 spiro atoms. The molecule has 0 radical (unpaired) electrons. The molecule has 5 heterocycles. The molecule has 0 amide bonds. The predicted molar refractivity (Wildman–Crippen MR) is 128 cm³/mol. The summed E-state index contributed by atoms with van der Waals surface area (Å²) in [5.74, 6) is -1.33. The summed E-state index contributed by atoms with van der Waals surface area (Å²) in [5, 5.41) is 20.3. The van der Waals surface area contributed by atoms with Gasteiger partial charge in [0, 0.05) is 35.1 Å². The van der Waals surface area contributed by atoms with Crippen LogP contribution in [0.1, 0.15) is 23.1 Å². The van der Waals surface area contributed by atoms with Gasteiger partial charge in [0.2, 0.25) is 0 Å². The molecule has 0 bridgehead atoms. The molecular formula is C24H20F2N6O3S. The second kappa shape index (κ2) is 8.56. The summed E-state index contributed by atoms with van der Waals surface area (Å²) < 4.78 is 42.3. The van der Waals surface area contributed by atoms with Gasteiger partial charge in [0.1, 0.15) is 23.2 Å². The second-order valence-corrected chi connectivity index (χ2v) is 10.0. The van der Waals surface area contributed by atoms with Gasteiger partial charge in [-0.2, -0.15) is 10.2 Å². The number of rotatable bonds is 4. The van der Waals surface area contributed by atoms with Crippen molar-refractivity contribution >= 4 is 37.3 Å². The van der Waals surface area contributed by atoms with Gasteiger partial charge in [-0.1, -0.05) is 0 Å². The van der Waals surface area contributed by atoms with Gasteiger partial charge < -0.3 is 20.3 Å². The number of ether oxygens (including phenoxy) is 2. The summed E-state index contributed by atoms with van der Waals surface area (Å²) in [6, 6.07) is 1.98. The smallest absolute Gasteiger partial charge is 0.317 e. The number of nitriles is 1. The Bertz CT molecular complexity index is 1590. The van der Waals surface area contributed by atoms with Gasteiger partial charge in [0.15, 0.2) is 11.6 Å². The molecule has 0 aliphatic carbocycles. The van der Waals surface area contributed by atoms with Gasteiger partial charge in [-0.05, 0) is 24.6 Å². The zero-order chi connectivity index (χ0) is 25.1. The third-order valence-corrected chi connectivity index (χ3v) is 7.82. The molecule has 6 rings (SSSR count). The molecule has 2 aliphatic heterocycles. The Hall–Kier alpha value is -3.50. The molecule has 12 heteroatoms. The van der Waals surface area contributed by atoms with Crippen LogP contribution in [0.5, 0.6) is 6.01 Å². The van der Waals surface area contributed by atoms with Gasteiger partial charge in [0.25, 0.3) is 0 Å². The van der Waals surface area contributed by atoms with Gasteiger partial charge >= 0.3 is 6.01 Å². The van der Waals surface area contributed by atoms with Crippen molar-refractivity contribution in [2.75, 3.05) is 25.9 Å². The van der Waals surface area contributed by atoms with E-state index < -0.39 is 17.7 Å². The minimum atomic E-state index is -0.691. The number of likely N-dealkylation sites (tertiary alicyclic amines) is 1. The van der Waals surface area contributed by atoms with Crippen LogP contribution in [0.4, 0.5) is 13.8 Å². The van der Waals surface area contributed by atoms with E-state index in [1.54, 1.807) is 0 Å². The lowest BCUT2D eigenvalue weighted by Crippen LogP contribution is -2.31. The second-order valence-electron chi connectivity index (χ2n) is 8.96. The molecule has 184 valence electrons. The zero-order valence-corrected chi connectivity index (χ0v) is 19.9. The lowest BCUT2D eigenvalue weighted by Gasteiger charge is -2.18. The summed E-state index contributed by atoms with van der Waals surface area (Å²) in [7, 11) is 1.89. The Kier molecular flexibility index (Phi) is 5.45. The fourth-order valence-electron chi connectivity index (χ4n) is 5.02. The van der Waals surface area contributed by atoms with E-state index in [4.69, 9.17) is 15.2 Å². The molecule has 36 heavy (non-hydrogen) atoms. The standard InChI is InChI=1S/C24H20F2N6O3S/c1-32-6-11(33)2-10(32)7-35-24-30-4-13-14-8-34-9-15(14)17(19(26)20(13)31-24)21-18-12(3-27)23(28)36-22(18)16(25)5-29-21/h4-5,10-11,33H,2,6-9,28H2,1H3/t10-,11-/m0/s1. The van der Waals surface area contributed by atoms with Crippen LogP contribution >= 0.6 is 11.3 Å². The van der Waals surface area contributed by atoms with E-state index in [2.05, 4.69) is 15.0 Å². The number of thiophene rings is 1. The lowest BCUT2D eigenvalue weighted by molar-refractivity contribution is 0.135. The van der Waals surface area contributed by atoms with Crippen LogP contribution in [0.15, 0.2) is 12.4 Å². The Morgan fingerprint density at radius 1 is 1.31 bits per heavy atom. The van der Waals surface area contributed by atoms with Crippen molar-refractivity contribution < 1.29 is 23.4 Å². The van der Waals surface area contributed by atoms with E-state index >= 15 is 4.39 Å². The van der Waals surface area contributed by atoms with E-state index in [0.717, 1.165) is 17.5 Å². The van der Waals surface area contributed by atoms with Crippen LogP contribution in [0.3, 0.4) is 0 Å². The van der Waals surface area contributed by atoms with Gasteiger partial charge in [-0.3, -0.25) is 9.88 Å². The van der Waals surface area contributed by atoms with Crippen LogP contribution in [0.2, 0.25) is 0 Å². The number of pyridine rings is 1. The number of hydrogen-bond donors (Lipinski definition) is 2. The van der Waals surface area contributed by atoms with Gasteiger partial charge in [-0.15, -0.1) is 11.3 Å². The minimum Gasteiger partial charge on any atom is -0.462 e. The fourth-order valence-corrected chi connectivity index (χ4v) is 5.94. The number of aliphatic hydroxyl groups is 1. The highest BCUT2D eigenvalue weighted by Crippen LogP contribution is 2.44. The molecular weight excluding hydrogens is 490 g/mol. The highest BCUT2D eigenvalue weighted by molar-refractivity contribution is 7.23. The van der Waals surface area contributed by atoms with Crippen molar-refractivity contribution in [3.63, 3.8) is 0 Å². The summed E-state index contributed by atoms with van der Waals surface area (Å²) >= 11 is 0.922. The van der Waals surface area contributed by atoms with E-state index in [9.17, 15) is 14.8 Å². The number of aliphatic hydroxyl groups excluding tert-OH is 1. The summed E-state index contributed by atoms with van der Waals surface area (Å²) in [6.45, 7) is 1.12. The number of hydrogen-bond acceptors (Lipinski definition) is 10. The first-order valence-corrected chi connectivity index (χ1v) is 12.0. The van der Waals surface area contributed by atoms with Gasteiger partial charge in [0.05, 0.1) is 41.5 Å². The lowest BCUT2D eigenvalue weighted by atomic mass is 9.94. The maximum Gasteiger partial charge on any atom is 0.317 e. The van der Waals surface area contributed by atoms with Crippen molar-refractivity contribution in [3.8, 4) is 23.3 Å². The molecule has 1 saturated heterocycles. The van der Waals surface area contributed by atoms with E-state index in [-0.39, 0.29) is 69.3 Å². The maximum atomic E-state index is 16.2. The number of benzene rings is 1. The van der Waals surface area contributed by atoms with Gasteiger partial charge in [-0.25, -0.2) is 13.8 Å². The van der Waals surface area contributed by atoms with Crippen LogP contribution in [-0.4, -0.2) is 57.3 Å². The molecule has 3 N–H and O–H groups in total. The van der Waals surface area contributed by atoms with E-state index in [1.165, 1.54) is 6.20 Å². The van der Waals surface area contributed by atoms with Crippen LogP contribution in [0.25, 0.3) is 32.2 Å². The Morgan fingerprint density at radius 2 is 2.11 bits per heavy atom. The number of aromatic nitrogens is 3. The molecule has 0 saturated carbocycles.